The Kier molecular flexibility index (Phi) is 4.78. The number of hydrogen-bond acceptors (Lipinski definition) is 4. The Balaban J connectivity index is 1.81. The fourth-order valence-corrected chi connectivity index (χ4v) is 4.94. The molecule has 0 fully saturated rings. The maximum absolute atomic E-state index is 13.1. The average Bonchev–Trinajstić information content (AvgIpc) is 3.15. The third kappa shape index (κ3) is 2.92. The minimum Gasteiger partial charge on any atom is -0.494 e. The van der Waals surface area contributed by atoms with Crippen molar-refractivity contribution in [3.63, 3.8) is 0 Å². The van der Waals surface area contributed by atoms with Gasteiger partial charge in [-0.15, -0.1) is 0 Å². The number of para-hydroxylation sites is 1. The molecule has 1 aliphatic rings. The van der Waals surface area contributed by atoms with Crippen molar-refractivity contribution in [2.75, 3.05) is 13.1 Å². The molecule has 32 heavy (non-hydrogen) atoms. The molecule has 3 heterocycles. The van der Waals surface area contributed by atoms with Gasteiger partial charge in [0, 0.05) is 23.1 Å². The number of benzene rings is 2. The van der Waals surface area contributed by atoms with E-state index >= 15 is 0 Å². The number of aromatic amines is 2. The number of fused-ring (bicyclic) bond motifs is 3. The molecule has 2 aromatic heterocycles. The molecule has 0 bridgehead atoms. The number of hydrogen-bond donors (Lipinski definition) is 3. The van der Waals surface area contributed by atoms with Crippen LogP contribution in [0.1, 0.15) is 40.9 Å². The fourth-order valence-electron chi connectivity index (χ4n) is 4.94. The summed E-state index contributed by atoms with van der Waals surface area (Å²) in [5, 5.41) is 12.5. The molecule has 7 nitrogen and oxygen atoms in total. The van der Waals surface area contributed by atoms with Gasteiger partial charge in [-0.2, -0.15) is 0 Å². The van der Waals surface area contributed by atoms with Crippen molar-refractivity contribution in [2.24, 2.45) is 0 Å². The molecular formula is C25H26N4O3. The van der Waals surface area contributed by atoms with Crippen molar-refractivity contribution < 1.29 is 5.11 Å². The number of rotatable bonds is 3. The summed E-state index contributed by atoms with van der Waals surface area (Å²) in [6, 6.07) is 13.1. The number of aryl methyl sites for hydroxylation is 1. The van der Waals surface area contributed by atoms with E-state index in [4.69, 9.17) is 0 Å². The number of nitrogens with zero attached hydrogens (tertiary/aromatic N) is 2. The summed E-state index contributed by atoms with van der Waals surface area (Å²) in [5.74, 6) is -0.317. The standard InChI is InChI=1S/C25H26N4O3/c1-4-28-13-12-17-16-9-5-6-10-18(16)26-21(17)22(28)20-23(30)27-25(32)29(24(20)31)19-11-7-8-14(2)15(19)3/h5-11,22,26,31H,4,12-13H2,1-3H3,(H,27,30,32). The predicted octanol–water partition coefficient (Wildman–Crippen LogP) is 3.30. The molecule has 0 saturated carbocycles. The van der Waals surface area contributed by atoms with Crippen LogP contribution in [0.5, 0.6) is 5.88 Å². The van der Waals surface area contributed by atoms with Crippen LogP contribution in [-0.4, -0.2) is 37.6 Å². The molecule has 0 amide bonds. The topological polar surface area (TPSA) is 94.1 Å². The summed E-state index contributed by atoms with van der Waals surface area (Å²) in [5.41, 5.74) is 4.42. The fraction of sp³-hybridized carbons (Fsp3) is 0.280. The first kappa shape index (κ1) is 20.3. The van der Waals surface area contributed by atoms with Gasteiger partial charge >= 0.3 is 5.69 Å². The molecule has 0 radical (unpaired) electrons. The second-order valence-electron chi connectivity index (χ2n) is 8.39. The van der Waals surface area contributed by atoms with E-state index in [1.165, 1.54) is 4.57 Å². The van der Waals surface area contributed by atoms with Crippen molar-refractivity contribution in [3.05, 3.63) is 91.3 Å². The van der Waals surface area contributed by atoms with Gasteiger partial charge in [-0.3, -0.25) is 14.7 Å². The van der Waals surface area contributed by atoms with Gasteiger partial charge in [0.15, 0.2) is 0 Å². The summed E-state index contributed by atoms with van der Waals surface area (Å²) in [4.78, 5) is 34.0. The van der Waals surface area contributed by atoms with E-state index in [0.717, 1.165) is 46.3 Å². The third-order valence-corrected chi connectivity index (χ3v) is 6.75. The lowest BCUT2D eigenvalue weighted by Gasteiger charge is -2.35. The number of H-pyrrole nitrogens is 2. The van der Waals surface area contributed by atoms with E-state index in [0.29, 0.717) is 12.2 Å². The second kappa shape index (κ2) is 7.53. The first-order valence-corrected chi connectivity index (χ1v) is 10.9. The smallest absolute Gasteiger partial charge is 0.335 e. The maximum Gasteiger partial charge on any atom is 0.335 e. The quantitative estimate of drug-likeness (QED) is 0.465. The summed E-state index contributed by atoms with van der Waals surface area (Å²) >= 11 is 0. The summed E-state index contributed by atoms with van der Waals surface area (Å²) in [7, 11) is 0. The molecule has 1 unspecified atom stereocenters. The second-order valence-corrected chi connectivity index (χ2v) is 8.39. The lowest BCUT2D eigenvalue weighted by atomic mass is 9.93. The molecule has 3 N–H and O–H groups in total. The molecule has 0 spiro atoms. The van der Waals surface area contributed by atoms with Gasteiger partial charge in [-0.1, -0.05) is 37.3 Å². The van der Waals surface area contributed by atoms with Gasteiger partial charge in [0.1, 0.15) is 5.56 Å². The van der Waals surface area contributed by atoms with E-state index in [2.05, 4.69) is 20.9 Å². The van der Waals surface area contributed by atoms with Crippen LogP contribution in [0.2, 0.25) is 0 Å². The van der Waals surface area contributed by atoms with Crippen LogP contribution < -0.4 is 11.2 Å². The Hall–Kier alpha value is -3.58. The Morgan fingerprint density at radius 3 is 2.62 bits per heavy atom. The Bertz CT molecular complexity index is 1460. The minimum atomic E-state index is -0.652. The monoisotopic (exact) mass is 430 g/mol. The molecule has 4 aromatic rings. The molecule has 7 heteroatoms. The molecule has 5 rings (SSSR count). The molecule has 1 atom stereocenters. The Morgan fingerprint density at radius 1 is 1.06 bits per heavy atom. The highest BCUT2D eigenvalue weighted by atomic mass is 16.3. The highest BCUT2D eigenvalue weighted by Crippen LogP contribution is 2.39. The van der Waals surface area contributed by atoms with Gasteiger partial charge in [0.2, 0.25) is 5.88 Å². The molecule has 164 valence electrons. The van der Waals surface area contributed by atoms with Gasteiger partial charge in [0.05, 0.1) is 11.7 Å². The van der Waals surface area contributed by atoms with Crippen LogP contribution in [0.15, 0.2) is 52.1 Å². The average molecular weight is 431 g/mol. The van der Waals surface area contributed by atoms with Crippen molar-refractivity contribution in [1.29, 1.82) is 0 Å². The van der Waals surface area contributed by atoms with Gasteiger partial charge < -0.3 is 10.1 Å². The lowest BCUT2D eigenvalue weighted by molar-refractivity contribution is 0.215. The SMILES string of the molecule is CCN1CCc2c([nH]c3ccccc23)C1c1c(O)n(-c2cccc(C)c2C)c(=O)[nH]c1=O. The van der Waals surface area contributed by atoms with E-state index in [-0.39, 0.29) is 11.4 Å². The van der Waals surface area contributed by atoms with Gasteiger partial charge in [-0.25, -0.2) is 9.36 Å². The van der Waals surface area contributed by atoms with Crippen LogP contribution in [0.3, 0.4) is 0 Å². The number of nitrogens with one attached hydrogen (secondary N) is 2. The predicted molar refractivity (Wildman–Crippen MR) is 125 cm³/mol. The van der Waals surface area contributed by atoms with Crippen molar-refractivity contribution in [2.45, 2.75) is 33.2 Å². The van der Waals surface area contributed by atoms with Crippen LogP contribution >= 0.6 is 0 Å². The zero-order valence-corrected chi connectivity index (χ0v) is 18.4. The summed E-state index contributed by atoms with van der Waals surface area (Å²) in [6.45, 7) is 7.32. The van der Waals surface area contributed by atoms with E-state index in [1.54, 1.807) is 6.07 Å². The van der Waals surface area contributed by atoms with E-state index in [1.807, 2.05) is 51.1 Å². The highest BCUT2D eigenvalue weighted by molar-refractivity contribution is 5.85. The Morgan fingerprint density at radius 2 is 1.84 bits per heavy atom. The van der Waals surface area contributed by atoms with Crippen molar-refractivity contribution in [1.82, 2.24) is 19.4 Å². The van der Waals surface area contributed by atoms with Crippen LogP contribution in [0.4, 0.5) is 0 Å². The number of aromatic nitrogens is 3. The molecule has 0 aliphatic carbocycles. The highest BCUT2D eigenvalue weighted by Gasteiger charge is 2.35. The van der Waals surface area contributed by atoms with Crippen LogP contribution in [0.25, 0.3) is 16.6 Å². The van der Waals surface area contributed by atoms with Crippen LogP contribution in [0, 0.1) is 13.8 Å². The zero-order valence-electron chi connectivity index (χ0n) is 18.4. The first-order valence-electron chi connectivity index (χ1n) is 10.9. The van der Waals surface area contributed by atoms with Crippen molar-refractivity contribution in [3.8, 4) is 11.6 Å². The lowest BCUT2D eigenvalue weighted by Crippen LogP contribution is -2.41. The largest absolute Gasteiger partial charge is 0.494 e. The zero-order chi connectivity index (χ0) is 22.6. The number of aromatic hydroxyl groups is 1. The molecule has 0 saturated heterocycles. The number of likely N-dealkylation sites (N-methyl/N-ethyl adjacent to an activating group) is 1. The Labute approximate surface area is 185 Å². The van der Waals surface area contributed by atoms with Gasteiger partial charge in [0.25, 0.3) is 5.56 Å². The van der Waals surface area contributed by atoms with E-state index < -0.39 is 17.3 Å². The third-order valence-electron chi connectivity index (χ3n) is 6.75. The normalized spacial score (nSPS) is 16.4. The molecule has 1 aliphatic heterocycles. The minimum absolute atomic E-state index is 0.180. The van der Waals surface area contributed by atoms with E-state index in [9.17, 15) is 14.7 Å². The molecular weight excluding hydrogens is 404 g/mol. The summed E-state index contributed by atoms with van der Waals surface area (Å²) in [6.07, 6.45) is 0.846. The van der Waals surface area contributed by atoms with Gasteiger partial charge in [-0.05, 0) is 55.6 Å². The van der Waals surface area contributed by atoms with Crippen molar-refractivity contribution >= 4 is 10.9 Å². The summed E-state index contributed by atoms with van der Waals surface area (Å²) < 4.78 is 1.21. The first-order chi connectivity index (χ1) is 15.4. The molecule has 2 aromatic carbocycles. The van der Waals surface area contributed by atoms with Crippen LogP contribution in [-0.2, 0) is 6.42 Å². The maximum atomic E-state index is 13.1.